The van der Waals surface area contributed by atoms with E-state index in [1.807, 2.05) is 48.5 Å². The van der Waals surface area contributed by atoms with Crippen LogP contribution in [0.5, 0.6) is 0 Å². The number of rotatable bonds is 3. The first-order chi connectivity index (χ1) is 9.83. The molecule has 0 spiro atoms. The molecule has 2 aromatic carbocycles. The van der Waals surface area contributed by atoms with Gasteiger partial charge < -0.3 is 0 Å². The van der Waals surface area contributed by atoms with Crippen molar-refractivity contribution in [2.24, 2.45) is 0 Å². The number of nitrogens with zero attached hydrogens (tertiary/aromatic N) is 2. The molecule has 0 radical (unpaired) electrons. The molecule has 0 amide bonds. The minimum absolute atomic E-state index is 0.466. The maximum Gasteiger partial charge on any atom is 0.150 e. The molecule has 0 aliphatic rings. The Labute approximate surface area is 123 Å². The Bertz CT molecular complexity index is 697. The fraction of sp³-hybridized carbons (Fsp3) is 0.0588. The van der Waals surface area contributed by atoms with Gasteiger partial charge in [-0.05, 0) is 5.56 Å². The Morgan fingerprint density at radius 3 is 2.20 bits per heavy atom. The lowest BCUT2D eigenvalue weighted by Gasteiger charge is -2.06. The molecule has 0 saturated carbocycles. The maximum atomic E-state index is 6.16. The standard InChI is InChI=1S/C17H13ClN2/c18-17-15(11-13-7-3-1-4-8-13)20-16(12-19-17)14-9-5-2-6-10-14/h1-10,12H,11H2. The molecule has 0 atom stereocenters. The highest BCUT2D eigenvalue weighted by molar-refractivity contribution is 6.30. The zero-order chi connectivity index (χ0) is 13.8. The van der Waals surface area contributed by atoms with Gasteiger partial charge in [0.2, 0.25) is 0 Å². The van der Waals surface area contributed by atoms with Gasteiger partial charge in [-0.2, -0.15) is 0 Å². The van der Waals surface area contributed by atoms with Gasteiger partial charge in [0.15, 0.2) is 5.15 Å². The summed E-state index contributed by atoms with van der Waals surface area (Å²) in [5.74, 6) is 0. The van der Waals surface area contributed by atoms with Crippen molar-refractivity contribution < 1.29 is 0 Å². The molecule has 2 nitrogen and oxygen atoms in total. The van der Waals surface area contributed by atoms with E-state index in [2.05, 4.69) is 22.1 Å². The molecule has 0 bridgehead atoms. The predicted octanol–water partition coefficient (Wildman–Crippen LogP) is 4.39. The average molecular weight is 281 g/mol. The van der Waals surface area contributed by atoms with Crippen molar-refractivity contribution in [2.45, 2.75) is 6.42 Å². The van der Waals surface area contributed by atoms with E-state index in [1.165, 1.54) is 5.56 Å². The van der Waals surface area contributed by atoms with Gasteiger partial charge in [0.25, 0.3) is 0 Å². The normalized spacial score (nSPS) is 10.4. The first kappa shape index (κ1) is 12.8. The molecule has 0 unspecified atom stereocenters. The Hall–Kier alpha value is -2.19. The molecule has 1 aromatic heterocycles. The van der Waals surface area contributed by atoms with E-state index in [-0.39, 0.29) is 0 Å². The largest absolute Gasteiger partial charge is 0.248 e. The number of hydrogen-bond donors (Lipinski definition) is 0. The summed E-state index contributed by atoms with van der Waals surface area (Å²) in [5.41, 5.74) is 3.88. The third-order valence-electron chi connectivity index (χ3n) is 3.08. The van der Waals surface area contributed by atoms with Crippen molar-refractivity contribution in [1.29, 1.82) is 0 Å². The van der Waals surface area contributed by atoms with Gasteiger partial charge >= 0.3 is 0 Å². The smallest absolute Gasteiger partial charge is 0.150 e. The van der Waals surface area contributed by atoms with Crippen molar-refractivity contribution in [1.82, 2.24) is 9.97 Å². The molecule has 0 N–H and O–H groups in total. The van der Waals surface area contributed by atoms with Crippen LogP contribution in [0.2, 0.25) is 5.15 Å². The van der Waals surface area contributed by atoms with Crippen LogP contribution in [0.3, 0.4) is 0 Å². The molecular weight excluding hydrogens is 268 g/mol. The highest BCUT2D eigenvalue weighted by atomic mass is 35.5. The summed E-state index contributed by atoms with van der Waals surface area (Å²) in [6, 6.07) is 20.1. The second-order valence-corrected chi connectivity index (χ2v) is 4.88. The third kappa shape index (κ3) is 2.86. The molecule has 20 heavy (non-hydrogen) atoms. The Balaban J connectivity index is 1.95. The lowest BCUT2D eigenvalue weighted by molar-refractivity contribution is 1.04. The highest BCUT2D eigenvalue weighted by Gasteiger charge is 2.08. The topological polar surface area (TPSA) is 25.8 Å². The molecule has 3 heteroatoms. The van der Waals surface area contributed by atoms with Gasteiger partial charge in [-0.15, -0.1) is 0 Å². The second-order valence-electron chi connectivity index (χ2n) is 4.52. The van der Waals surface area contributed by atoms with E-state index >= 15 is 0 Å². The molecule has 0 aliphatic carbocycles. The molecule has 0 saturated heterocycles. The van der Waals surface area contributed by atoms with E-state index in [1.54, 1.807) is 6.20 Å². The van der Waals surface area contributed by atoms with E-state index in [0.29, 0.717) is 11.6 Å². The summed E-state index contributed by atoms with van der Waals surface area (Å²) in [6.45, 7) is 0. The van der Waals surface area contributed by atoms with Gasteiger partial charge in [-0.1, -0.05) is 72.3 Å². The van der Waals surface area contributed by atoms with Crippen LogP contribution in [0.25, 0.3) is 11.3 Å². The third-order valence-corrected chi connectivity index (χ3v) is 3.39. The van der Waals surface area contributed by atoms with Crippen molar-refractivity contribution in [3.8, 4) is 11.3 Å². The second kappa shape index (κ2) is 5.85. The van der Waals surface area contributed by atoms with Crippen LogP contribution in [0.4, 0.5) is 0 Å². The number of halogens is 1. The van der Waals surface area contributed by atoms with Gasteiger partial charge in [0.1, 0.15) is 0 Å². The predicted molar refractivity (Wildman–Crippen MR) is 81.7 cm³/mol. The fourth-order valence-electron chi connectivity index (χ4n) is 2.06. The zero-order valence-electron chi connectivity index (χ0n) is 10.8. The van der Waals surface area contributed by atoms with Crippen LogP contribution in [-0.2, 0) is 6.42 Å². The Kier molecular flexibility index (Phi) is 3.75. The molecule has 98 valence electrons. The molecular formula is C17H13ClN2. The van der Waals surface area contributed by atoms with Gasteiger partial charge in [-0.25, -0.2) is 9.97 Å². The summed E-state index contributed by atoms with van der Waals surface area (Å²) in [6.07, 6.45) is 2.40. The Morgan fingerprint density at radius 2 is 1.50 bits per heavy atom. The highest BCUT2D eigenvalue weighted by Crippen LogP contribution is 2.21. The van der Waals surface area contributed by atoms with Gasteiger partial charge in [-0.3, -0.25) is 0 Å². The molecule has 3 aromatic rings. The van der Waals surface area contributed by atoms with Crippen molar-refractivity contribution in [2.75, 3.05) is 0 Å². The van der Waals surface area contributed by atoms with Crippen LogP contribution in [-0.4, -0.2) is 9.97 Å². The minimum Gasteiger partial charge on any atom is -0.248 e. The first-order valence-electron chi connectivity index (χ1n) is 6.44. The quantitative estimate of drug-likeness (QED) is 0.711. The molecule has 3 rings (SSSR count). The fourth-order valence-corrected chi connectivity index (χ4v) is 2.22. The summed E-state index contributed by atoms with van der Waals surface area (Å²) < 4.78 is 0. The summed E-state index contributed by atoms with van der Waals surface area (Å²) in [5, 5.41) is 0.466. The van der Waals surface area contributed by atoms with E-state index < -0.39 is 0 Å². The lowest BCUT2D eigenvalue weighted by atomic mass is 10.1. The van der Waals surface area contributed by atoms with Crippen molar-refractivity contribution in [3.05, 3.63) is 83.3 Å². The van der Waals surface area contributed by atoms with E-state index in [0.717, 1.165) is 17.0 Å². The molecule has 0 fully saturated rings. The molecule has 1 heterocycles. The van der Waals surface area contributed by atoms with Crippen molar-refractivity contribution in [3.63, 3.8) is 0 Å². The average Bonchev–Trinajstić information content (AvgIpc) is 2.51. The van der Waals surface area contributed by atoms with Crippen LogP contribution in [0.15, 0.2) is 66.9 Å². The van der Waals surface area contributed by atoms with Crippen LogP contribution in [0.1, 0.15) is 11.3 Å². The van der Waals surface area contributed by atoms with Crippen LogP contribution in [0, 0.1) is 0 Å². The first-order valence-corrected chi connectivity index (χ1v) is 6.81. The molecule has 0 aliphatic heterocycles. The minimum atomic E-state index is 0.466. The monoisotopic (exact) mass is 280 g/mol. The lowest BCUT2D eigenvalue weighted by Crippen LogP contribution is -1.98. The summed E-state index contributed by atoms with van der Waals surface area (Å²) in [4.78, 5) is 8.90. The van der Waals surface area contributed by atoms with E-state index in [9.17, 15) is 0 Å². The summed E-state index contributed by atoms with van der Waals surface area (Å²) >= 11 is 6.16. The van der Waals surface area contributed by atoms with E-state index in [4.69, 9.17) is 11.6 Å². The summed E-state index contributed by atoms with van der Waals surface area (Å²) in [7, 11) is 0. The number of benzene rings is 2. The zero-order valence-corrected chi connectivity index (χ0v) is 11.6. The van der Waals surface area contributed by atoms with Crippen molar-refractivity contribution >= 4 is 11.6 Å². The van der Waals surface area contributed by atoms with Crippen LogP contribution >= 0.6 is 11.6 Å². The number of aromatic nitrogens is 2. The number of hydrogen-bond acceptors (Lipinski definition) is 2. The maximum absolute atomic E-state index is 6.16. The van der Waals surface area contributed by atoms with Gasteiger partial charge in [0, 0.05) is 12.0 Å². The SMILES string of the molecule is Clc1ncc(-c2ccccc2)nc1Cc1ccccc1. The van der Waals surface area contributed by atoms with Crippen LogP contribution < -0.4 is 0 Å². The van der Waals surface area contributed by atoms with Gasteiger partial charge in [0.05, 0.1) is 17.6 Å². The Morgan fingerprint density at radius 1 is 0.850 bits per heavy atom.